The molecule has 0 saturated carbocycles. The van der Waals surface area contributed by atoms with Gasteiger partial charge in [-0.05, 0) is 26.7 Å². The van der Waals surface area contributed by atoms with E-state index in [1.54, 1.807) is 6.92 Å². The van der Waals surface area contributed by atoms with Gasteiger partial charge in [0.2, 0.25) is 11.8 Å². The highest BCUT2D eigenvalue weighted by molar-refractivity contribution is 5.62. The van der Waals surface area contributed by atoms with E-state index in [9.17, 15) is 10.1 Å². The Morgan fingerprint density at radius 3 is 2.81 bits per heavy atom. The van der Waals surface area contributed by atoms with Crippen molar-refractivity contribution in [2.45, 2.75) is 39.2 Å². The summed E-state index contributed by atoms with van der Waals surface area (Å²) in [6.45, 7) is 7.49. The van der Waals surface area contributed by atoms with Crippen LogP contribution in [0.5, 0.6) is 0 Å². The summed E-state index contributed by atoms with van der Waals surface area (Å²) < 4.78 is 5.37. The first-order valence-electron chi connectivity index (χ1n) is 7.08. The quantitative estimate of drug-likeness (QED) is 0.612. The van der Waals surface area contributed by atoms with Crippen LogP contribution in [0.4, 0.5) is 17.5 Å². The number of anilines is 2. The number of rotatable bonds is 6. The van der Waals surface area contributed by atoms with E-state index in [1.807, 2.05) is 13.8 Å². The molecule has 21 heavy (non-hydrogen) atoms. The second kappa shape index (κ2) is 6.21. The maximum atomic E-state index is 11.3. The molecule has 2 N–H and O–H groups in total. The number of nitro groups is 1. The first kappa shape index (κ1) is 15.4. The molecule has 1 unspecified atom stereocenters. The minimum Gasteiger partial charge on any atom is -0.379 e. The average Bonchev–Trinajstić information content (AvgIpc) is 2.81. The van der Waals surface area contributed by atoms with Gasteiger partial charge in [-0.1, -0.05) is 6.92 Å². The molecule has 1 atom stereocenters. The van der Waals surface area contributed by atoms with Gasteiger partial charge in [-0.2, -0.15) is 4.98 Å². The van der Waals surface area contributed by atoms with Crippen molar-refractivity contribution < 1.29 is 9.66 Å². The molecule has 1 fully saturated rings. The number of aromatic nitrogens is 2. The third-order valence-corrected chi connectivity index (χ3v) is 3.41. The molecule has 1 saturated heterocycles. The van der Waals surface area contributed by atoms with Crippen LogP contribution in [0.15, 0.2) is 0 Å². The van der Waals surface area contributed by atoms with Crippen molar-refractivity contribution in [3.63, 3.8) is 0 Å². The number of hydrogen-bond acceptors (Lipinski definition) is 7. The Morgan fingerprint density at radius 1 is 1.48 bits per heavy atom. The summed E-state index contributed by atoms with van der Waals surface area (Å²) in [7, 11) is 0. The number of hydrogen-bond donors (Lipinski definition) is 2. The lowest BCUT2D eigenvalue weighted by atomic mass is 10.0. The number of aryl methyl sites for hydroxylation is 1. The fourth-order valence-corrected chi connectivity index (χ4v) is 2.24. The highest BCUT2D eigenvalue weighted by atomic mass is 16.6. The van der Waals surface area contributed by atoms with Gasteiger partial charge in [-0.25, -0.2) is 4.98 Å². The van der Waals surface area contributed by atoms with Crippen molar-refractivity contribution in [2.75, 3.05) is 30.4 Å². The first-order chi connectivity index (χ1) is 9.95. The maximum Gasteiger partial charge on any atom is 0.332 e. The third-order valence-electron chi connectivity index (χ3n) is 3.41. The van der Waals surface area contributed by atoms with Crippen LogP contribution < -0.4 is 10.6 Å². The van der Waals surface area contributed by atoms with Gasteiger partial charge in [0.05, 0.1) is 17.1 Å². The fraction of sp³-hybridized carbons (Fsp3) is 0.692. The van der Waals surface area contributed by atoms with E-state index in [0.717, 1.165) is 19.4 Å². The zero-order valence-corrected chi connectivity index (χ0v) is 12.6. The second-order valence-electron chi connectivity index (χ2n) is 5.50. The molecular formula is C13H21N5O3. The largest absolute Gasteiger partial charge is 0.379 e. The van der Waals surface area contributed by atoms with Crippen LogP contribution in [0.1, 0.15) is 32.4 Å². The van der Waals surface area contributed by atoms with Crippen molar-refractivity contribution in [1.82, 2.24) is 9.97 Å². The standard InChI is InChI=1S/C13H21N5O3/c1-4-6-14-12-15-9(2)10(18(19)20)11(16-12)17-13(3)5-7-21-8-13/h4-8H2,1-3H3,(H2,14,15,16,17). The molecular weight excluding hydrogens is 274 g/mol. The number of nitrogens with zero attached hydrogens (tertiary/aromatic N) is 3. The summed E-state index contributed by atoms with van der Waals surface area (Å²) >= 11 is 0. The summed E-state index contributed by atoms with van der Waals surface area (Å²) in [6, 6.07) is 0. The molecule has 0 aromatic carbocycles. The Kier molecular flexibility index (Phi) is 4.56. The molecule has 0 radical (unpaired) electrons. The molecule has 8 heteroatoms. The van der Waals surface area contributed by atoms with Gasteiger partial charge in [0.15, 0.2) is 0 Å². The Labute approximate surface area is 123 Å². The van der Waals surface area contributed by atoms with Crippen LogP contribution in [0.3, 0.4) is 0 Å². The molecule has 0 aliphatic carbocycles. The van der Waals surface area contributed by atoms with Crippen molar-refractivity contribution in [3.05, 3.63) is 15.8 Å². The monoisotopic (exact) mass is 295 g/mol. The molecule has 0 spiro atoms. The van der Waals surface area contributed by atoms with Gasteiger partial charge in [0.1, 0.15) is 5.69 Å². The van der Waals surface area contributed by atoms with Gasteiger partial charge in [-0.15, -0.1) is 0 Å². The van der Waals surface area contributed by atoms with Crippen molar-refractivity contribution in [1.29, 1.82) is 0 Å². The lowest BCUT2D eigenvalue weighted by molar-refractivity contribution is -0.385. The predicted molar refractivity (Wildman–Crippen MR) is 79.7 cm³/mol. The normalized spacial score (nSPS) is 21.3. The molecule has 1 aromatic rings. The van der Waals surface area contributed by atoms with E-state index in [4.69, 9.17) is 4.74 Å². The Bertz CT molecular complexity index is 529. The van der Waals surface area contributed by atoms with E-state index >= 15 is 0 Å². The Hall–Kier alpha value is -1.96. The average molecular weight is 295 g/mol. The second-order valence-corrected chi connectivity index (χ2v) is 5.50. The van der Waals surface area contributed by atoms with E-state index in [-0.39, 0.29) is 17.0 Å². The van der Waals surface area contributed by atoms with Crippen molar-refractivity contribution in [2.24, 2.45) is 0 Å². The topological polar surface area (TPSA) is 102 Å². The molecule has 0 amide bonds. The van der Waals surface area contributed by atoms with Gasteiger partial charge in [0, 0.05) is 13.2 Å². The Morgan fingerprint density at radius 2 is 2.24 bits per heavy atom. The molecule has 1 aliphatic rings. The summed E-state index contributed by atoms with van der Waals surface area (Å²) in [4.78, 5) is 19.3. The smallest absolute Gasteiger partial charge is 0.332 e. The zero-order chi connectivity index (χ0) is 15.5. The van der Waals surface area contributed by atoms with Gasteiger partial charge in [-0.3, -0.25) is 10.1 Å². The first-order valence-corrected chi connectivity index (χ1v) is 7.08. The zero-order valence-electron chi connectivity index (χ0n) is 12.6. The van der Waals surface area contributed by atoms with Crippen LogP contribution in [-0.4, -0.2) is 40.2 Å². The predicted octanol–water partition coefficient (Wildman–Crippen LogP) is 2.11. The minimum absolute atomic E-state index is 0.0785. The minimum atomic E-state index is -0.444. The van der Waals surface area contributed by atoms with E-state index in [0.29, 0.717) is 24.9 Å². The highest BCUT2D eigenvalue weighted by Gasteiger charge is 2.33. The molecule has 1 aromatic heterocycles. The van der Waals surface area contributed by atoms with Gasteiger partial charge < -0.3 is 15.4 Å². The Balaban J connectivity index is 2.34. The van der Waals surface area contributed by atoms with Crippen molar-refractivity contribution in [3.8, 4) is 0 Å². The number of nitrogens with one attached hydrogen (secondary N) is 2. The highest BCUT2D eigenvalue weighted by Crippen LogP contribution is 2.31. The lowest BCUT2D eigenvalue weighted by Gasteiger charge is -2.24. The molecule has 1 aliphatic heterocycles. The van der Waals surface area contributed by atoms with Crippen molar-refractivity contribution >= 4 is 17.5 Å². The summed E-state index contributed by atoms with van der Waals surface area (Å²) in [5, 5.41) is 17.5. The van der Waals surface area contributed by atoms with E-state index in [2.05, 4.69) is 20.6 Å². The van der Waals surface area contributed by atoms with Gasteiger partial charge >= 0.3 is 5.69 Å². The molecule has 8 nitrogen and oxygen atoms in total. The lowest BCUT2D eigenvalue weighted by Crippen LogP contribution is -2.35. The fourth-order valence-electron chi connectivity index (χ4n) is 2.24. The van der Waals surface area contributed by atoms with Crippen LogP contribution in [0.25, 0.3) is 0 Å². The van der Waals surface area contributed by atoms with Crippen LogP contribution in [-0.2, 0) is 4.74 Å². The van der Waals surface area contributed by atoms with Crippen LogP contribution in [0.2, 0.25) is 0 Å². The molecule has 2 rings (SSSR count). The van der Waals surface area contributed by atoms with E-state index in [1.165, 1.54) is 0 Å². The molecule has 0 bridgehead atoms. The van der Waals surface area contributed by atoms with Gasteiger partial charge in [0.25, 0.3) is 0 Å². The summed E-state index contributed by atoms with van der Waals surface area (Å²) in [6.07, 6.45) is 1.71. The molecule has 116 valence electrons. The summed E-state index contributed by atoms with van der Waals surface area (Å²) in [5.41, 5.74) is -0.0723. The SMILES string of the molecule is CCCNc1nc(C)c([N+](=O)[O-])c(NC2(C)CCOC2)n1. The third kappa shape index (κ3) is 3.57. The van der Waals surface area contributed by atoms with Crippen LogP contribution in [0, 0.1) is 17.0 Å². The van der Waals surface area contributed by atoms with Crippen LogP contribution >= 0.6 is 0 Å². The van der Waals surface area contributed by atoms with E-state index < -0.39 is 4.92 Å². The summed E-state index contributed by atoms with van der Waals surface area (Å²) in [5.74, 6) is 0.657. The number of ether oxygens (including phenoxy) is 1. The maximum absolute atomic E-state index is 11.3. The molecule has 2 heterocycles.